The van der Waals surface area contributed by atoms with Crippen molar-refractivity contribution in [2.45, 2.75) is 76.3 Å². The van der Waals surface area contributed by atoms with Crippen LogP contribution in [0.25, 0.3) is 10.9 Å². The first-order chi connectivity index (χ1) is 18.7. The third kappa shape index (κ3) is 5.51. The minimum atomic E-state index is -0.936. The Morgan fingerprint density at radius 1 is 1.15 bits per heavy atom. The molecule has 2 aromatic rings. The van der Waals surface area contributed by atoms with Crippen LogP contribution in [0.2, 0.25) is 5.02 Å². The number of benzene rings is 1. The van der Waals surface area contributed by atoms with Gasteiger partial charge < -0.3 is 24.7 Å². The van der Waals surface area contributed by atoms with Crippen molar-refractivity contribution >= 4 is 46.1 Å². The first kappa shape index (κ1) is 27.5. The zero-order valence-electron chi connectivity index (χ0n) is 22.5. The van der Waals surface area contributed by atoms with Crippen LogP contribution in [0.3, 0.4) is 0 Å². The molecule has 0 bridgehead atoms. The number of aromatic nitrogens is 1. The number of rotatable bonds is 7. The lowest BCUT2D eigenvalue weighted by Gasteiger charge is -2.32. The highest BCUT2D eigenvalue weighted by atomic mass is 35.5. The van der Waals surface area contributed by atoms with Crippen molar-refractivity contribution in [3.8, 4) is 5.75 Å². The van der Waals surface area contributed by atoms with Crippen LogP contribution in [0.1, 0.15) is 74.7 Å². The number of fused-ring (bicyclic) bond motifs is 1. The summed E-state index contributed by atoms with van der Waals surface area (Å²) in [5.41, 5.74) is 0.831. The molecule has 5 rings (SSSR count). The van der Waals surface area contributed by atoms with E-state index in [9.17, 15) is 19.2 Å². The lowest BCUT2D eigenvalue weighted by molar-refractivity contribution is -0.146. The molecule has 2 heterocycles. The van der Waals surface area contributed by atoms with Crippen molar-refractivity contribution < 1.29 is 28.7 Å². The van der Waals surface area contributed by atoms with E-state index in [1.54, 1.807) is 30.2 Å². The number of esters is 1. The fourth-order valence-electron chi connectivity index (χ4n) is 6.78. The number of Topliss-reactive ketones (excluding diaryl/α,β-unsaturated/α-hetero) is 1. The quantitative estimate of drug-likeness (QED) is 0.487. The maximum Gasteiger partial charge on any atom is 0.328 e. The van der Waals surface area contributed by atoms with Gasteiger partial charge in [-0.05, 0) is 56.1 Å². The first-order valence-electron chi connectivity index (χ1n) is 13.8. The highest BCUT2D eigenvalue weighted by molar-refractivity contribution is 6.35. The number of nitrogens with one attached hydrogen (secondary N) is 2. The molecule has 210 valence electrons. The molecule has 3 fully saturated rings. The Kier molecular flexibility index (Phi) is 7.89. The van der Waals surface area contributed by atoms with E-state index in [1.165, 1.54) is 7.11 Å². The highest BCUT2D eigenvalue weighted by Gasteiger charge is 2.49. The van der Waals surface area contributed by atoms with Gasteiger partial charge in [-0.3, -0.25) is 14.4 Å². The monoisotopic (exact) mass is 557 g/mol. The molecule has 2 N–H and O–H groups in total. The van der Waals surface area contributed by atoms with Crippen LogP contribution in [0.5, 0.6) is 5.75 Å². The predicted octanol–water partition coefficient (Wildman–Crippen LogP) is 4.41. The van der Waals surface area contributed by atoms with Gasteiger partial charge in [0.05, 0.1) is 24.8 Å². The minimum Gasteiger partial charge on any atom is -0.497 e. The molecule has 2 saturated carbocycles. The number of ether oxygens (including phenoxy) is 2. The summed E-state index contributed by atoms with van der Waals surface area (Å²) in [6, 6.07) is 3.54. The van der Waals surface area contributed by atoms with Crippen molar-refractivity contribution in [3.63, 3.8) is 0 Å². The molecular formula is C29H36ClN3O6. The van der Waals surface area contributed by atoms with E-state index in [-0.39, 0.29) is 35.4 Å². The van der Waals surface area contributed by atoms with Gasteiger partial charge in [0.15, 0.2) is 0 Å². The summed E-state index contributed by atoms with van der Waals surface area (Å²) < 4.78 is 10.3. The smallest absolute Gasteiger partial charge is 0.328 e. The van der Waals surface area contributed by atoms with Crippen LogP contribution in [0, 0.1) is 11.3 Å². The van der Waals surface area contributed by atoms with Gasteiger partial charge in [-0.2, -0.15) is 0 Å². The number of likely N-dealkylation sites (tertiary alicyclic amines) is 1. The number of H-pyrrole nitrogens is 1. The van der Waals surface area contributed by atoms with Crippen LogP contribution < -0.4 is 10.1 Å². The first-order valence-corrected chi connectivity index (χ1v) is 14.2. The van der Waals surface area contributed by atoms with Gasteiger partial charge in [-0.15, -0.1) is 0 Å². The number of methoxy groups -OCH3 is 2. The molecule has 3 aliphatic rings. The lowest BCUT2D eigenvalue weighted by Crippen LogP contribution is -2.51. The van der Waals surface area contributed by atoms with Gasteiger partial charge in [0.1, 0.15) is 29.3 Å². The Hall–Kier alpha value is -3.07. The molecule has 3 atom stereocenters. The van der Waals surface area contributed by atoms with Crippen LogP contribution in [0.4, 0.5) is 0 Å². The summed E-state index contributed by atoms with van der Waals surface area (Å²) in [6.45, 7) is 0.473. The molecule has 10 heteroatoms. The largest absolute Gasteiger partial charge is 0.497 e. The zero-order chi connectivity index (χ0) is 27.7. The summed E-state index contributed by atoms with van der Waals surface area (Å²) in [5.74, 6) is -0.823. The van der Waals surface area contributed by atoms with Gasteiger partial charge in [0.2, 0.25) is 5.91 Å². The maximum atomic E-state index is 13.9. The fraction of sp³-hybridized carbons (Fsp3) is 0.586. The van der Waals surface area contributed by atoms with E-state index in [0.717, 1.165) is 43.9 Å². The molecule has 2 aliphatic carbocycles. The Morgan fingerprint density at radius 3 is 2.59 bits per heavy atom. The molecule has 1 aromatic heterocycles. The third-order valence-electron chi connectivity index (χ3n) is 8.86. The van der Waals surface area contributed by atoms with Crippen LogP contribution in [-0.2, 0) is 19.1 Å². The number of amides is 2. The molecule has 1 aliphatic heterocycles. The SMILES string of the molecule is COC(=O)[C@H](C[C@@H]1CCCC1=O)NC(=O)C1CC2(CCCCC2)CN1C(=O)c1cc2cc(OC)cc(Cl)c2[nH]1. The van der Waals surface area contributed by atoms with Gasteiger partial charge in [0, 0.05) is 30.3 Å². The Balaban J connectivity index is 1.41. The number of carbonyl (C=O) groups is 4. The average molecular weight is 558 g/mol. The Bertz CT molecular complexity index is 1280. The molecular weight excluding hydrogens is 522 g/mol. The van der Waals surface area contributed by atoms with Gasteiger partial charge >= 0.3 is 5.97 Å². The van der Waals surface area contributed by atoms with E-state index < -0.39 is 18.1 Å². The van der Waals surface area contributed by atoms with Crippen molar-refractivity contribution in [2.24, 2.45) is 11.3 Å². The maximum absolute atomic E-state index is 13.9. The molecule has 9 nitrogen and oxygen atoms in total. The summed E-state index contributed by atoms with van der Waals surface area (Å²) in [5, 5.41) is 4.03. The number of nitrogens with zero attached hydrogens (tertiary/aromatic N) is 1. The van der Waals surface area contributed by atoms with Crippen LogP contribution in [0.15, 0.2) is 18.2 Å². The molecule has 2 amide bonds. The van der Waals surface area contributed by atoms with Crippen LogP contribution in [-0.4, -0.2) is 66.3 Å². The normalized spacial score (nSPS) is 23.3. The summed E-state index contributed by atoms with van der Waals surface area (Å²) in [6.07, 6.45) is 7.92. The van der Waals surface area contributed by atoms with Crippen molar-refractivity contribution in [2.75, 3.05) is 20.8 Å². The molecule has 1 spiro atoms. The topological polar surface area (TPSA) is 118 Å². The fourth-order valence-corrected chi connectivity index (χ4v) is 7.04. The third-order valence-corrected chi connectivity index (χ3v) is 9.16. The van der Waals surface area contributed by atoms with Gasteiger partial charge in [-0.25, -0.2) is 4.79 Å². The summed E-state index contributed by atoms with van der Waals surface area (Å²) in [7, 11) is 2.83. The molecule has 0 radical (unpaired) electrons. The molecule has 1 unspecified atom stereocenters. The van der Waals surface area contributed by atoms with Crippen molar-refractivity contribution in [1.82, 2.24) is 15.2 Å². The van der Waals surface area contributed by atoms with Crippen LogP contribution >= 0.6 is 11.6 Å². The van der Waals surface area contributed by atoms with Crippen molar-refractivity contribution in [1.29, 1.82) is 0 Å². The molecule has 39 heavy (non-hydrogen) atoms. The summed E-state index contributed by atoms with van der Waals surface area (Å²) in [4.78, 5) is 57.4. The number of hydrogen-bond donors (Lipinski definition) is 2. The van der Waals surface area contributed by atoms with E-state index >= 15 is 0 Å². The van der Waals surface area contributed by atoms with Crippen molar-refractivity contribution in [3.05, 3.63) is 28.9 Å². The average Bonchev–Trinajstić information content (AvgIpc) is 3.65. The summed E-state index contributed by atoms with van der Waals surface area (Å²) >= 11 is 6.43. The van der Waals surface area contributed by atoms with E-state index in [2.05, 4.69) is 10.3 Å². The van der Waals surface area contributed by atoms with E-state index in [4.69, 9.17) is 21.1 Å². The second-order valence-electron chi connectivity index (χ2n) is 11.3. The lowest BCUT2D eigenvalue weighted by atomic mass is 9.72. The standard InChI is InChI=1S/C29H36ClN3O6/c1-38-19-11-18-13-21(31-25(18)20(30)14-19)27(36)33-16-29(9-4-3-5-10-29)15-23(33)26(35)32-22(28(37)39-2)12-17-7-6-8-24(17)34/h11,13-14,17,22-23,31H,3-10,12,15-16H2,1-2H3,(H,32,35)/t17-,22-,23?/m0/s1. The zero-order valence-corrected chi connectivity index (χ0v) is 23.3. The number of hydrogen-bond acceptors (Lipinski definition) is 6. The van der Waals surface area contributed by atoms with Gasteiger partial charge in [-0.1, -0.05) is 30.9 Å². The number of halogens is 1. The number of carbonyl (C=O) groups excluding carboxylic acids is 4. The van der Waals surface area contributed by atoms with Gasteiger partial charge in [0.25, 0.3) is 5.91 Å². The number of ketones is 1. The number of aromatic amines is 1. The Labute approximate surface area is 232 Å². The Morgan fingerprint density at radius 2 is 1.92 bits per heavy atom. The highest BCUT2D eigenvalue weighted by Crippen LogP contribution is 2.47. The molecule has 1 saturated heterocycles. The molecule has 1 aromatic carbocycles. The van der Waals surface area contributed by atoms with E-state index in [0.29, 0.717) is 47.8 Å². The predicted molar refractivity (Wildman–Crippen MR) is 146 cm³/mol. The second kappa shape index (κ2) is 11.2. The van der Waals surface area contributed by atoms with E-state index in [1.807, 2.05) is 0 Å². The second-order valence-corrected chi connectivity index (χ2v) is 11.8. The minimum absolute atomic E-state index is 0.117.